The molecule has 0 aliphatic carbocycles. The van der Waals surface area contributed by atoms with Gasteiger partial charge in [-0.2, -0.15) is 0 Å². The molecule has 1 aromatic heterocycles. The second-order valence-corrected chi connectivity index (χ2v) is 13.3. The SMILES string of the molecule is CN(CCCNc1ccc2ncnc(Nc3ccc(S(=O)(=O)c4ccccc4)cc3)c2c1)CCS(C)(=O)=O. The second-order valence-electron chi connectivity index (χ2n) is 9.13. The molecule has 0 atom stereocenters. The molecular weight excluding hydrogens is 522 g/mol. The zero-order chi connectivity index (χ0) is 27.2. The van der Waals surface area contributed by atoms with Crippen molar-refractivity contribution in [3.63, 3.8) is 0 Å². The highest BCUT2D eigenvalue weighted by molar-refractivity contribution is 7.91. The van der Waals surface area contributed by atoms with Crippen molar-refractivity contribution in [1.82, 2.24) is 14.9 Å². The van der Waals surface area contributed by atoms with Crippen LogP contribution in [-0.4, -0.2) is 70.4 Å². The van der Waals surface area contributed by atoms with E-state index in [0.717, 1.165) is 36.1 Å². The molecule has 0 saturated heterocycles. The summed E-state index contributed by atoms with van der Waals surface area (Å²) in [7, 11) is -4.63. The molecule has 0 radical (unpaired) electrons. The molecule has 11 heteroatoms. The lowest BCUT2D eigenvalue weighted by Crippen LogP contribution is -2.27. The third-order valence-corrected chi connectivity index (χ3v) is 8.72. The number of nitrogens with one attached hydrogen (secondary N) is 2. The Kier molecular flexibility index (Phi) is 8.60. The van der Waals surface area contributed by atoms with E-state index in [0.29, 0.717) is 18.1 Å². The Balaban J connectivity index is 1.41. The maximum absolute atomic E-state index is 12.9. The molecule has 0 saturated carbocycles. The van der Waals surface area contributed by atoms with Gasteiger partial charge in [-0.3, -0.25) is 0 Å². The highest BCUT2D eigenvalue weighted by Gasteiger charge is 2.17. The number of sulfone groups is 2. The fourth-order valence-electron chi connectivity index (χ4n) is 3.87. The molecule has 1 heterocycles. The van der Waals surface area contributed by atoms with Crippen molar-refractivity contribution in [1.29, 1.82) is 0 Å². The first-order valence-corrected chi connectivity index (χ1v) is 15.7. The quantitative estimate of drug-likeness (QED) is 0.251. The van der Waals surface area contributed by atoms with Crippen LogP contribution in [0.1, 0.15) is 6.42 Å². The van der Waals surface area contributed by atoms with Crippen LogP contribution in [0.25, 0.3) is 10.9 Å². The molecule has 0 fully saturated rings. The Bertz CT molecular complexity index is 1590. The number of hydrogen-bond acceptors (Lipinski definition) is 9. The molecular formula is C27H31N5O4S2. The molecule has 4 aromatic rings. The summed E-state index contributed by atoms with van der Waals surface area (Å²) in [6.07, 6.45) is 3.59. The van der Waals surface area contributed by atoms with Crippen LogP contribution in [0.5, 0.6) is 0 Å². The second kappa shape index (κ2) is 11.9. The van der Waals surface area contributed by atoms with Crippen LogP contribution in [0.2, 0.25) is 0 Å². The van der Waals surface area contributed by atoms with Crippen LogP contribution in [0.4, 0.5) is 17.2 Å². The monoisotopic (exact) mass is 553 g/mol. The summed E-state index contributed by atoms with van der Waals surface area (Å²) in [4.78, 5) is 11.2. The number of anilines is 3. The predicted molar refractivity (Wildman–Crippen MR) is 151 cm³/mol. The highest BCUT2D eigenvalue weighted by Crippen LogP contribution is 2.27. The summed E-state index contributed by atoms with van der Waals surface area (Å²) in [6.45, 7) is 2.02. The lowest BCUT2D eigenvalue weighted by Gasteiger charge is -2.16. The van der Waals surface area contributed by atoms with E-state index in [1.165, 1.54) is 12.6 Å². The minimum Gasteiger partial charge on any atom is -0.385 e. The van der Waals surface area contributed by atoms with Gasteiger partial charge in [0.25, 0.3) is 0 Å². The summed E-state index contributed by atoms with van der Waals surface area (Å²) >= 11 is 0. The van der Waals surface area contributed by atoms with Crippen molar-refractivity contribution in [2.75, 3.05) is 49.3 Å². The number of rotatable bonds is 12. The van der Waals surface area contributed by atoms with Gasteiger partial charge in [-0.1, -0.05) is 18.2 Å². The molecule has 38 heavy (non-hydrogen) atoms. The zero-order valence-electron chi connectivity index (χ0n) is 21.3. The minimum atomic E-state index is -3.59. The van der Waals surface area contributed by atoms with Gasteiger partial charge in [0.15, 0.2) is 0 Å². The van der Waals surface area contributed by atoms with E-state index in [4.69, 9.17) is 0 Å². The topological polar surface area (TPSA) is 121 Å². The molecule has 4 rings (SSSR count). The number of aromatic nitrogens is 2. The molecule has 0 aliphatic rings. The number of hydrogen-bond donors (Lipinski definition) is 2. The standard InChI is InChI=1S/C27H31N5O4S2/c1-32(17-18-37(2,33)34)16-6-15-28-22-11-14-26-25(19-22)27(30-20-29-26)31-21-9-12-24(13-10-21)38(35,36)23-7-4-3-5-8-23/h3-5,7-14,19-20,28H,6,15-18H2,1-2H3,(H,29,30,31). The van der Waals surface area contributed by atoms with Gasteiger partial charge in [0.1, 0.15) is 22.0 Å². The average Bonchev–Trinajstić information content (AvgIpc) is 2.90. The Hall–Kier alpha value is -3.54. The fraction of sp³-hybridized carbons (Fsp3) is 0.259. The summed E-state index contributed by atoms with van der Waals surface area (Å²) in [5.74, 6) is 0.765. The molecule has 9 nitrogen and oxygen atoms in total. The molecule has 2 N–H and O–H groups in total. The zero-order valence-corrected chi connectivity index (χ0v) is 23.0. The Morgan fingerprint density at radius 3 is 2.21 bits per heavy atom. The maximum Gasteiger partial charge on any atom is 0.206 e. The Morgan fingerprint density at radius 2 is 1.50 bits per heavy atom. The maximum atomic E-state index is 12.9. The van der Waals surface area contributed by atoms with Gasteiger partial charge >= 0.3 is 0 Å². The normalized spacial score (nSPS) is 12.1. The van der Waals surface area contributed by atoms with Gasteiger partial charge in [-0.25, -0.2) is 26.8 Å². The highest BCUT2D eigenvalue weighted by atomic mass is 32.2. The van der Waals surface area contributed by atoms with Crippen molar-refractivity contribution < 1.29 is 16.8 Å². The molecule has 3 aromatic carbocycles. The van der Waals surface area contributed by atoms with Gasteiger partial charge in [0.2, 0.25) is 9.84 Å². The van der Waals surface area contributed by atoms with Crippen LogP contribution in [0, 0.1) is 0 Å². The third kappa shape index (κ3) is 7.27. The summed E-state index contributed by atoms with van der Waals surface area (Å²) in [5, 5.41) is 7.49. The summed E-state index contributed by atoms with van der Waals surface area (Å²) in [6, 6.07) is 20.8. The Morgan fingerprint density at radius 1 is 0.816 bits per heavy atom. The molecule has 0 bridgehead atoms. The summed E-state index contributed by atoms with van der Waals surface area (Å²) < 4.78 is 48.4. The third-order valence-electron chi connectivity index (χ3n) is 6.01. The van der Waals surface area contributed by atoms with Gasteiger partial charge in [0.05, 0.1) is 21.1 Å². The van der Waals surface area contributed by atoms with E-state index in [1.807, 2.05) is 30.1 Å². The van der Waals surface area contributed by atoms with Crippen molar-refractivity contribution >= 4 is 47.8 Å². The van der Waals surface area contributed by atoms with Crippen LogP contribution in [0.3, 0.4) is 0 Å². The van der Waals surface area contributed by atoms with Crippen molar-refractivity contribution in [2.24, 2.45) is 0 Å². The molecule has 200 valence electrons. The van der Waals surface area contributed by atoms with Crippen molar-refractivity contribution in [3.8, 4) is 0 Å². The van der Waals surface area contributed by atoms with Crippen LogP contribution in [-0.2, 0) is 19.7 Å². The largest absolute Gasteiger partial charge is 0.385 e. The van der Waals surface area contributed by atoms with Crippen molar-refractivity contribution in [3.05, 3.63) is 79.1 Å². The van der Waals surface area contributed by atoms with E-state index in [-0.39, 0.29) is 15.5 Å². The first-order chi connectivity index (χ1) is 18.1. The van der Waals surface area contributed by atoms with Crippen LogP contribution < -0.4 is 10.6 Å². The number of benzene rings is 3. The lowest BCUT2D eigenvalue weighted by molar-refractivity contribution is 0.351. The predicted octanol–water partition coefficient (Wildman–Crippen LogP) is 3.98. The van der Waals surface area contributed by atoms with E-state index in [1.54, 1.807) is 54.6 Å². The first kappa shape index (κ1) is 27.5. The Labute approximate surface area is 223 Å². The van der Waals surface area contributed by atoms with E-state index < -0.39 is 19.7 Å². The number of fused-ring (bicyclic) bond motifs is 1. The van der Waals surface area contributed by atoms with Gasteiger partial charge in [0, 0.05) is 36.1 Å². The number of nitrogens with zero attached hydrogens (tertiary/aromatic N) is 3. The van der Waals surface area contributed by atoms with Crippen LogP contribution >= 0.6 is 0 Å². The fourth-order valence-corrected chi connectivity index (χ4v) is 5.80. The van der Waals surface area contributed by atoms with Crippen molar-refractivity contribution in [2.45, 2.75) is 16.2 Å². The average molecular weight is 554 g/mol. The summed E-state index contributed by atoms with van der Waals surface area (Å²) in [5.41, 5.74) is 2.39. The molecule has 0 unspecified atom stereocenters. The van der Waals surface area contributed by atoms with Gasteiger partial charge < -0.3 is 15.5 Å². The van der Waals surface area contributed by atoms with Gasteiger partial charge in [-0.05, 0) is 74.6 Å². The molecule has 0 spiro atoms. The van der Waals surface area contributed by atoms with Gasteiger partial charge in [-0.15, -0.1) is 0 Å². The van der Waals surface area contributed by atoms with E-state index >= 15 is 0 Å². The lowest BCUT2D eigenvalue weighted by atomic mass is 10.2. The minimum absolute atomic E-state index is 0.156. The van der Waals surface area contributed by atoms with Crippen LogP contribution in [0.15, 0.2) is 88.9 Å². The van der Waals surface area contributed by atoms with E-state index in [9.17, 15) is 16.8 Å². The molecule has 0 amide bonds. The van der Waals surface area contributed by atoms with E-state index in [2.05, 4.69) is 20.6 Å². The first-order valence-electron chi connectivity index (χ1n) is 12.1. The smallest absolute Gasteiger partial charge is 0.206 e. The molecule has 0 aliphatic heterocycles.